The van der Waals surface area contributed by atoms with Crippen molar-refractivity contribution in [3.05, 3.63) is 103 Å². The number of benzene rings is 1. The zero-order valence-corrected chi connectivity index (χ0v) is 16.3. The van der Waals surface area contributed by atoms with E-state index in [-0.39, 0.29) is 5.54 Å². The van der Waals surface area contributed by atoms with Gasteiger partial charge >= 0.3 is 0 Å². The van der Waals surface area contributed by atoms with Crippen LogP contribution in [0.25, 0.3) is 16.8 Å². The summed E-state index contributed by atoms with van der Waals surface area (Å²) in [4.78, 5) is 0. The van der Waals surface area contributed by atoms with Crippen LogP contribution in [0.3, 0.4) is 0 Å². The lowest BCUT2D eigenvalue weighted by Crippen LogP contribution is -2.79. The van der Waals surface area contributed by atoms with Crippen molar-refractivity contribution in [2.75, 3.05) is 0 Å². The lowest BCUT2D eigenvalue weighted by atomic mass is 9.48. The molecule has 3 aromatic rings. The summed E-state index contributed by atoms with van der Waals surface area (Å²) in [5.41, 5.74) is 6.12. The molecule has 0 radical (unpaired) electrons. The molecule has 3 nitrogen and oxygen atoms in total. The average Bonchev–Trinajstić information content (AvgIpc) is 2.78. The summed E-state index contributed by atoms with van der Waals surface area (Å²) >= 11 is 0. The second-order valence-corrected chi connectivity index (χ2v) is 8.41. The van der Waals surface area contributed by atoms with Gasteiger partial charge in [-0.05, 0) is 30.2 Å². The highest BCUT2D eigenvalue weighted by Crippen LogP contribution is 2.64. The SMILES string of the molecule is C=CC1C2C(c3ccccc3-c3cccc[n+]32)C12CC/C(=C/O)c1cccc[n+]12. The Kier molecular flexibility index (Phi) is 3.40. The highest BCUT2D eigenvalue weighted by atomic mass is 16.2. The summed E-state index contributed by atoms with van der Waals surface area (Å²) in [6, 6.07) is 22.0. The maximum Gasteiger partial charge on any atom is 0.213 e. The number of aromatic nitrogens is 2. The molecule has 4 atom stereocenters. The Labute approximate surface area is 170 Å². The molecule has 1 aromatic carbocycles. The molecule has 1 N–H and O–H groups in total. The predicted molar refractivity (Wildman–Crippen MR) is 112 cm³/mol. The van der Waals surface area contributed by atoms with E-state index in [1.807, 2.05) is 0 Å². The first-order chi connectivity index (χ1) is 14.3. The molecule has 1 saturated carbocycles. The molecule has 29 heavy (non-hydrogen) atoms. The number of pyridine rings is 2. The first-order valence-corrected chi connectivity index (χ1v) is 10.4. The summed E-state index contributed by atoms with van der Waals surface area (Å²) in [5.74, 6) is 0.686. The highest BCUT2D eigenvalue weighted by molar-refractivity contribution is 5.66. The number of fused-ring (bicyclic) bond motifs is 9. The summed E-state index contributed by atoms with van der Waals surface area (Å²) in [6.45, 7) is 4.27. The van der Waals surface area contributed by atoms with E-state index < -0.39 is 0 Å². The van der Waals surface area contributed by atoms with E-state index in [9.17, 15) is 5.11 Å². The summed E-state index contributed by atoms with van der Waals surface area (Å²) in [5, 5.41) is 9.84. The van der Waals surface area contributed by atoms with E-state index in [4.69, 9.17) is 0 Å². The largest absolute Gasteiger partial charge is 0.515 e. The molecular formula is C26H24N2O+2. The first kappa shape index (κ1) is 16.7. The average molecular weight is 380 g/mol. The summed E-state index contributed by atoms with van der Waals surface area (Å²) in [7, 11) is 0. The van der Waals surface area contributed by atoms with E-state index >= 15 is 0 Å². The zero-order chi connectivity index (χ0) is 19.6. The van der Waals surface area contributed by atoms with E-state index in [0.717, 1.165) is 24.1 Å². The van der Waals surface area contributed by atoms with Gasteiger partial charge in [-0.25, -0.2) is 0 Å². The molecule has 6 rings (SSSR count). The predicted octanol–water partition coefficient (Wildman–Crippen LogP) is 4.47. The van der Waals surface area contributed by atoms with Gasteiger partial charge in [-0.1, -0.05) is 24.3 Å². The van der Waals surface area contributed by atoms with Gasteiger partial charge in [-0.15, -0.1) is 6.58 Å². The van der Waals surface area contributed by atoms with E-state index in [2.05, 4.69) is 94.8 Å². The minimum atomic E-state index is -0.0633. The molecule has 4 unspecified atom stereocenters. The Morgan fingerprint density at radius 3 is 2.55 bits per heavy atom. The fraction of sp³-hybridized carbons (Fsp3) is 0.231. The van der Waals surface area contributed by atoms with Gasteiger partial charge < -0.3 is 5.11 Å². The van der Waals surface area contributed by atoms with Gasteiger partial charge in [0.05, 0.1) is 17.4 Å². The molecule has 0 bridgehead atoms. The second-order valence-electron chi connectivity index (χ2n) is 8.41. The van der Waals surface area contributed by atoms with Crippen molar-refractivity contribution >= 4 is 5.57 Å². The normalized spacial score (nSPS) is 29.9. The third-order valence-electron chi connectivity index (χ3n) is 7.45. The van der Waals surface area contributed by atoms with Crippen molar-refractivity contribution < 1.29 is 14.2 Å². The second kappa shape index (κ2) is 5.90. The minimum absolute atomic E-state index is 0.0633. The molecule has 2 aliphatic heterocycles. The summed E-state index contributed by atoms with van der Waals surface area (Å²) in [6.07, 6.45) is 9.74. The molecule has 2 aromatic heterocycles. The molecule has 3 aliphatic rings. The molecule has 1 aliphatic carbocycles. The van der Waals surface area contributed by atoms with Crippen LogP contribution in [0.1, 0.15) is 36.1 Å². The quantitative estimate of drug-likeness (QED) is 0.377. The molecule has 1 spiro atoms. The zero-order valence-electron chi connectivity index (χ0n) is 16.3. The van der Waals surface area contributed by atoms with Crippen LogP contribution >= 0.6 is 0 Å². The van der Waals surface area contributed by atoms with Crippen LogP contribution in [0.4, 0.5) is 0 Å². The molecule has 4 heterocycles. The first-order valence-electron chi connectivity index (χ1n) is 10.4. The summed E-state index contributed by atoms with van der Waals surface area (Å²) < 4.78 is 4.89. The van der Waals surface area contributed by atoms with Crippen LogP contribution < -0.4 is 9.13 Å². The van der Waals surface area contributed by atoms with E-state index in [0.29, 0.717) is 17.9 Å². The lowest BCUT2D eigenvalue weighted by molar-refractivity contribution is -0.845. The van der Waals surface area contributed by atoms with Gasteiger partial charge in [0.25, 0.3) is 0 Å². The third kappa shape index (κ3) is 1.93. The van der Waals surface area contributed by atoms with Crippen LogP contribution in [0.2, 0.25) is 0 Å². The Balaban J connectivity index is 1.65. The van der Waals surface area contributed by atoms with Crippen molar-refractivity contribution in [1.82, 2.24) is 0 Å². The van der Waals surface area contributed by atoms with Gasteiger partial charge in [0.1, 0.15) is 11.8 Å². The fourth-order valence-corrected chi connectivity index (χ4v) is 6.38. The molecule has 0 amide bonds. The maximum absolute atomic E-state index is 9.84. The maximum atomic E-state index is 9.84. The number of nitrogens with zero attached hydrogens (tertiary/aromatic N) is 2. The number of hydrogen-bond acceptors (Lipinski definition) is 1. The Hall–Kier alpha value is -3.20. The fourth-order valence-electron chi connectivity index (χ4n) is 6.38. The topological polar surface area (TPSA) is 28.0 Å². The minimum Gasteiger partial charge on any atom is -0.515 e. The molecule has 142 valence electrons. The number of allylic oxidation sites excluding steroid dienone is 2. The monoisotopic (exact) mass is 380 g/mol. The van der Waals surface area contributed by atoms with Crippen LogP contribution in [0.15, 0.2) is 92.0 Å². The van der Waals surface area contributed by atoms with Gasteiger partial charge in [0.2, 0.25) is 11.4 Å². The van der Waals surface area contributed by atoms with Gasteiger partial charge in [-0.3, -0.25) is 0 Å². The van der Waals surface area contributed by atoms with E-state index in [1.165, 1.54) is 23.1 Å². The van der Waals surface area contributed by atoms with Crippen LogP contribution in [0, 0.1) is 5.92 Å². The number of aliphatic hydroxyl groups excluding tert-OH is 1. The van der Waals surface area contributed by atoms with Crippen molar-refractivity contribution in [3.63, 3.8) is 0 Å². The van der Waals surface area contributed by atoms with Gasteiger partial charge in [-0.2, -0.15) is 9.13 Å². The van der Waals surface area contributed by atoms with Crippen molar-refractivity contribution in [2.24, 2.45) is 5.92 Å². The number of rotatable bonds is 1. The molecule has 1 fully saturated rings. The van der Waals surface area contributed by atoms with E-state index in [1.54, 1.807) is 0 Å². The van der Waals surface area contributed by atoms with Crippen molar-refractivity contribution in [3.8, 4) is 11.3 Å². The Morgan fingerprint density at radius 2 is 1.72 bits per heavy atom. The number of aliphatic hydroxyl groups is 1. The van der Waals surface area contributed by atoms with Crippen molar-refractivity contribution in [2.45, 2.75) is 30.3 Å². The molecular weight excluding hydrogens is 356 g/mol. The van der Waals surface area contributed by atoms with Crippen LogP contribution in [0.5, 0.6) is 0 Å². The lowest BCUT2D eigenvalue weighted by Gasteiger charge is -2.56. The number of hydrogen-bond donors (Lipinski definition) is 1. The Bertz CT molecular complexity index is 1180. The van der Waals surface area contributed by atoms with Gasteiger partial charge in [0.15, 0.2) is 24.0 Å². The Morgan fingerprint density at radius 1 is 0.966 bits per heavy atom. The molecule has 3 heteroatoms. The molecule has 0 saturated heterocycles. The highest BCUT2D eigenvalue weighted by Gasteiger charge is 2.75. The third-order valence-corrected chi connectivity index (χ3v) is 7.45. The van der Waals surface area contributed by atoms with Crippen molar-refractivity contribution in [1.29, 1.82) is 0 Å². The van der Waals surface area contributed by atoms with Crippen LogP contribution in [-0.4, -0.2) is 5.11 Å². The van der Waals surface area contributed by atoms with Gasteiger partial charge in [0, 0.05) is 30.7 Å². The smallest absolute Gasteiger partial charge is 0.213 e. The van der Waals surface area contributed by atoms with Crippen LogP contribution in [-0.2, 0) is 5.54 Å². The standard InChI is InChI=1S/C26H23N2O/c1-2-21-25-24(20-10-4-3-9-19(20)23-12-5-7-15-27(23)25)26(21)14-13-18(17-29)22-11-6-8-16-28(22)26/h2-12,15-17,21,24-25H,1,13-14H2/q+1/p+1.